The number of carbonyl (C=O) groups excluding carboxylic acids is 1. The fourth-order valence-corrected chi connectivity index (χ4v) is 0.831. The van der Waals surface area contributed by atoms with Crippen LogP contribution in [0.4, 0.5) is 0 Å². The normalized spacial score (nSPS) is 11.5. The van der Waals surface area contributed by atoms with E-state index in [9.17, 15) is 4.79 Å². The van der Waals surface area contributed by atoms with Gasteiger partial charge in [-0.05, 0) is 13.8 Å². The maximum absolute atomic E-state index is 11.5. The van der Waals surface area contributed by atoms with Crippen LogP contribution in [0.5, 0.6) is 0 Å². The van der Waals surface area contributed by atoms with Gasteiger partial charge in [-0.15, -0.1) is 0 Å². The molecule has 0 radical (unpaired) electrons. The van der Waals surface area contributed by atoms with E-state index in [-0.39, 0.29) is 32.4 Å². The molecule has 0 rings (SSSR count). The molecule has 0 fully saturated rings. The zero-order valence-electron chi connectivity index (χ0n) is 9.25. The lowest BCUT2D eigenvalue weighted by atomic mass is 10.1. The standard InChI is InChI=1S/C9H20N2O4/c1-9(2,8(14)11-4-6-13)15-7-10-3-5-12/h10,12-13H,3-7H2,1-2H3,(H,11,14). The van der Waals surface area contributed by atoms with Crippen molar-refractivity contribution in [3.05, 3.63) is 0 Å². The number of hydrogen-bond donors (Lipinski definition) is 4. The predicted molar refractivity (Wildman–Crippen MR) is 55.2 cm³/mol. The van der Waals surface area contributed by atoms with Crippen LogP contribution in [0.1, 0.15) is 13.8 Å². The molecule has 0 aromatic heterocycles. The molecule has 6 nitrogen and oxygen atoms in total. The monoisotopic (exact) mass is 220 g/mol. The third kappa shape index (κ3) is 6.40. The van der Waals surface area contributed by atoms with Crippen LogP contribution in [0.2, 0.25) is 0 Å². The molecule has 0 heterocycles. The Kier molecular flexibility index (Phi) is 7.23. The van der Waals surface area contributed by atoms with E-state index in [4.69, 9.17) is 14.9 Å². The van der Waals surface area contributed by atoms with Gasteiger partial charge in [0.2, 0.25) is 0 Å². The number of rotatable bonds is 8. The van der Waals surface area contributed by atoms with E-state index in [1.165, 1.54) is 0 Å². The van der Waals surface area contributed by atoms with Crippen molar-refractivity contribution in [1.82, 2.24) is 10.6 Å². The topological polar surface area (TPSA) is 90.8 Å². The Morgan fingerprint density at radius 3 is 2.40 bits per heavy atom. The molecule has 0 spiro atoms. The lowest BCUT2D eigenvalue weighted by Gasteiger charge is -2.24. The van der Waals surface area contributed by atoms with Crippen LogP contribution < -0.4 is 10.6 Å². The molecule has 0 aromatic carbocycles. The van der Waals surface area contributed by atoms with Crippen LogP contribution in [0.25, 0.3) is 0 Å². The van der Waals surface area contributed by atoms with Gasteiger partial charge in [0.25, 0.3) is 5.91 Å². The van der Waals surface area contributed by atoms with Crippen LogP contribution in [-0.2, 0) is 9.53 Å². The number of nitrogens with one attached hydrogen (secondary N) is 2. The summed E-state index contributed by atoms with van der Waals surface area (Å²) >= 11 is 0. The molecular weight excluding hydrogens is 200 g/mol. The van der Waals surface area contributed by atoms with Crippen LogP contribution in [0.3, 0.4) is 0 Å². The van der Waals surface area contributed by atoms with E-state index in [0.29, 0.717) is 6.54 Å². The average Bonchev–Trinajstić information content (AvgIpc) is 2.21. The zero-order valence-corrected chi connectivity index (χ0v) is 9.25. The quantitative estimate of drug-likeness (QED) is 0.293. The minimum atomic E-state index is -0.947. The van der Waals surface area contributed by atoms with Crippen molar-refractivity contribution in [3.8, 4) is 0 Å². The molecule has 0 atom stereocenters. The van der Waals surface area contributed by atoms with E-state index < -0.39 is 5.60 Å². The van der Waals surface area contributed by atoms with Gasteiger partial charge in [0.1, 0.15) is 5.60 Å². The lowest BCUT2D eigenvalue weighted by Crippen LogP contribution is -2.46. The Balaban J connectivity index is 3.78. The van der Waals surface area contributed by atoms with Gasteiger partial charge in [-0.3, -0.25) is 10.1 Å². The summed E-state index contributed by atoms with van der Waals surface area (Å²) < 4.78 is 5.27. The third-order valence-corrected chi connectivity index (χ3v) is 1.77. The highest BCUT2D eigenvalue weighted by Crippen LogP contribution is 2.07. The summed E-state index contributed by atoms with van der Waals surface area (Å²) in [5.74, 6) is -0.276. The molecule has 4 N–H and O–H groups in total. The van der Waals surface area contributed by atoms with E-state index in [1.807, 2.05) is 0 Å². The smallest absolute Gasteiger partial charge is 0.251 e. The van der Waals surface area contributed by atoms with Crippen LogP contribution in [0, 0.1) is 0 Å². The first-order valence-corrected chi connectivity index (χ1v) is 4.89. The Hall–Kier alpha value is -0.690. The summed E-state index contributed by atoms with van der Waals surface area (Å²) in [6.45, 7) is 4.05. The molecule has 0 aliphatic carbocycles. The van der Waals surface area contributed by atoms with E-state index >= 15 is 0 Å². The number of carbonyl (C=O) groups is 1. The number of ether oxygens (including phenoxy) is 1. The van der Waals surface area contributed by atoms with Gasteiger partial charge < -0.3 is 20.3 Å². The van der Waals surface area contributed by atoms with E-state index in [2.05, 4.69) is 10.6 Å². The summed E-state index contributed by atoms with van der Waals surface area (Å²) in [4.78, 5) is 11.5. The summed E-state index contributed by atoms with van der Waals surface area (Å²) in [7, 11) is 0. The summed E-state index contributed by atoms with van der Waals surface area (Å²) in [6, 6.07) is 0. The van der Waals surface area contributed by atoms with Gasteiger partial charge >= 0.3 is 0 Å². The van der Waals surface area contributed by atoms with Crippen molar-refractivity contribution in [2.45, 2.75) is 19.4 Å². The van der Waals surface area contributed by atoms with Gasteiger partial charge in [-0.1, -0.05) is 0 Å². The first kappa shape index (κ1) is 14.3. The SMILES string of the molecule is CC(C)(OCNCCO)C(=O)NCCO. The summed E-state index contributed by atoms with van der Waals surface area (Å²) in [5.41, 5.74) is -0.947. The fraction of sp³-hybridized carbons (Fsp3) is 0.889. The van der Waals surface area contributed by atoms with Gasteiger partial charge in [0.05, 0.1) is 19.9 Å². The van der Waals surface area contributed by atoms with E-state index in [1.54, 1.807) is 13.8 Å². The maximum Gasteiger partial charge on any atom is 0.251 e. The highest BCUT2D eigenvalue weighted by atomic mass is 16.5. The molecule has 1 amide bonds. The maximum atomic E-state index is 11.5. The van der Waals surface area contributed by atoms with Crippen molar-refractivity contribution in [1.29, 1.82) is 0 Å². The Morgan fingerprint density at radius 1 is 1.27 bits per heavy atom. The van der Waals surface area contributed by atoms with Crippen LogP contribution >= 0.6 is 0 Å². The Bertz CT molecular complexity index is 185. The number of hydrogen-bond acceptors (Lipinski definition) is 5. The van der Waals surface area contributed by atoms with Crippen molar-refractivity contribution in [2.75, 3.05) is 33.0 Å². The second kappa shape index (κ2) is 7.58. The zero-order chi connectivity index (χ0) is 11.7. The van der Waals surface area contributed by atoms with Crippen molar-refractivity contribution >= 4 is 5.91 Å². The molecule has 0 aliphatic rings. The molecule has 0 bridgehead atoms. The second-order valence-corrected chi connectivity index (χ2v) is 3.50. The van der Waals surface area contributed by atoms with Gasteiger partial charge in [0, 0.05) is 13.1 Å². The highest BCUT2D eigenvalue weighted by molar-refractivity contribution is 5.84. The van der Waals surface area contributed by atoms with E-state index in [0.717, 1.165) is 0 Å². The minimum absolute atomic E-state index is 0.0283. The first-order valence-electron chi connectivity index (χ1n) is 4.89. The molecule has 0 saturated heterocycles. The van der Waals surface area contributed by atoms with Gasteiger partial charge in [0.15, 0.2) is 0 Å². The summed E-state index contributed by atoms with van der Waals surface area (Å²) in [6.07, 6.45) is 0. The number of aliphatic hydroxyl groups is 2. The first-order chi connectivity index (χ1) is 7.04. The van der Waals surface area contributed by atoms with Crippen molar-refractivity contribution in [3.63, 3.8) is 0 Å². The molecule has 0 saturated carbocycles. The average molecular weight is 220 g/mol. The Labute approximate surface area is 89.6 Å². The lowest BCUT2D eigenvalue weighted by molar-refractivity contribution is -0.143. The molecule has 6 heteroatoms. The van der Waals surface area contributed by atoms with Gasteiger partial charge in [-0.2, -0.15) is 0 Å². The minimum Gasteiger partial charge on any atom is -0.395 e. The largest absolute Gasteiger partial charge is 0.395 e. The predicted octanol–water partition coefficient (Wildman–Crippen LogP) is -1.57. The number of aliphatic hydroxyl groups excluding tert-OH is 2. The molecular formula is C9H20N2O4. The Morgan fingerprint density at radius 2 is 1.87 bits per heavy atom. The second-order valence-electron chi connectivity index (χ2n) is 3.50. The molecule has 0 aromatic rings. The molecule has 90 valence electrons. The summed E-state index contributed by atoms with van der Waals surface area (Å²) in [5, 5.41) is 22.4. The third-order valence-electron chi connectivity index (χ3n) is 1.77. The van der Waals surface area contributed by atoms with Crippen LogP contribution in [0.15, 0.2) is 0 Å². The highest BCUT2D eigenvalue weighted by Gasteiger charge is 2.27. The van der Waals surface area contributed by atoms with Crippen molar-refractivity contribution < 1.29 is 19.7 Å². The molecule has 0 unspecified atom stereocenters. The molecule has 0 aliphatic heterocycles. The molecule has 15 heavy (non-hydrogen) atoms. The fourth-order valence-electron chi connectivity index (χ4n) is 0.831. The number of amides is 1. The van der Waals surface area contributed by atoms with Crippen LogP contribution in [-0.4, -0.2) is 54.8 Å². The van der Waals surface area contributed by atoms with Crippen molar-refractivity contribution in [2.24, 2.45) is 0 Å². The van der Waals surface area contributed by atoms with Gasteiger partial charge in [-0.25, -0.2) is 0 Å².